The zero-order valence-electron chi connectivity index (χ0n) is 8.00. The number of carbonyl (C=O) groups excluding carboxylic acids is 1. The molecule has 0 spiro atoms. The maximum atomic E-state index is 11.7. The summed E-state index contributed by atoms with van der Waals surface area (Å²) in [4.78, 5) is 13.4. The molecule has 0 unspecified atom stereocenters. The Kier molecular flexibility index (Phi) is 1.83. The molecule has 0 atom stereocenters. The van der Waals surface area contributed by atoms with Gasteiger partial charge in [0.15, 0.2) is 0 Å². The molecule has 68 valence electrons. The lowest BCUT2D eigenvalue weighted by Gasteiger charge is -2.24. The zero-order valence-corrected chi connectivity index (χ0v) is 8.00. The van der Waals surface area contributed by atoms with Crippen LogP contribution in [0.25, 0.3) is 0 Å². The second-order valence-corrected chi connectivity index (χ2v) is 3.64. The van der Waals surface area contributed by atoms with Gasteiger partial charge in [-0.1, -0.05) is 17.7 Å². The summed E-state index contributed by atoms with van der Waals surface area (Å²) in [6.45, 7) is 2.90. The number of nitrogens with zero attached hydrogens (tertiary/aromatic N) is 1. The molecular formula is C11H13NO. The van der Waals surface area contributed by atoms with Crippen molar-refractivity contribution in [1.29, 1.82) is 0 Å². The number of hydrogen-bond acceptors (Lipinski definition) is 1. The van der Waals surface area contributed by atoms with Crippen LogP contribution in [0.2, 0.25) is 0 Å². The van der Waals surface area contributed by atoms with Crippen molar-refractivity contribution in [2.75, 3.05) is 13.6 Å². The predicted octanol–water partition coefficient (Wildman–Crippen LogP) is 1.62. The van der Waals surface area contributed by atoms with Crippen LogP contribution in [-0.4, -0.2) is 24.4 Å². The van der Waals surface area contributed by atoms with E-state index in [0.717, 1.165) is 18.5 Å². The van der Waals surface area contributed by atoms with Crippen molar-refractivity contribution in [2.45, 2.75) is 13.3 Å². The molecule has 0 bridgehead atoms. The molecule has 1 aliphatic rings. The molecule has 0 aromatic heterocycles. The third-order valence-corrected chi connectivity index (χ3v) is 2.55. The van der Waals surface area contributed by atoms with Gasteiger partial charge >= 0.3 is 0 Å². The molecule has 0 fully saturated rings. The van der Waals surface area contributed by atoms with Gasteiger partial charge in [-0.2, -0.15) is 0 Å². The molecule has 2 heteroatoms. The summed E-state index contributed by atoms with van der Waals surface area (Å²) in [5, 5.41) is 0. The third-order valence-electron chi connectivity index (χ3n) is 2.55. The fraction of sp³-hybridized carbons (Fsp3) is 0.364. The zero-order chi connectivity index (χ0) is 9.42. The molecule has 0 aliphatic carbocycles. The largest absolute Gasteiger partial charge is 0.341 e. The first-order chi connectivity index (χ1) is 6.18. The quantitative estimate of drug-likeness (QED) is 0.586. The van der Waals surface area contributed by atoms with E-state index in [0.29, 0.717) is 0 Å². The van der Waals surface area contributed by atoms with Crippen LogP contribution in [0.1, 0.15) is 21.5 Å². The SMILES string of the molecule is Cc1ccc2c(c1)CCN(C)C2=O. The Bertz CT molecular complexity index is 357. The second kappa shape index (κ2) is 2.87. The Morgan fingerprint density at radius 2 is 2.15 bits per heavy atom. The van der Waals surface area contributed by atoms with Crippen LogP contribution in [0.4, 0.5) is 0 Å². The average Bonchev–Trinajstić information content (AvgIpc) is 2.12. The van der Waals surface area contributed by atoms with Gasteiger partial charge in [0.2, 0.25) is 0 Å². The summed E-state index contributed by atoms with van der Waals surface area (Å²) in [5.74, 6) is 0.154. The van der Waals surface area contributed by atoms with Crippen molar-refractivity contribution in [3.8, 4) is 0 Å². The van der Waals surface area contributed by atoms with Crippen molar-refractivity contribution in [3.63, 3.8) is 0 Å². The topological polar surface area (TPSA) is 20.3 Å². The number of fused-ring (bicyclic) bond motifs is 1. The smallest absolute Gasteiger partial charge is 0.253 e. The molecular weight excluding hydrogens is 162 g/mol. The van der Waals surface area contributed by atoms with E-state index >= 15 is 0 Å². The minimum atomic E-state index is 0.154. The molecule has 0 radical (unpaired) electrons. The highest BCUT2D eigenvalue weighted by molar-refractivity contribution is 5.96. The lowest BCUT2D eigenvalue weighted by molar-refractivity contribution is 0.0781. The number of rotatable bonds is 0. The summed E-state index contributed by atoms with van der Waals surface area (Å²) in [6, 6.07) is 6.04. The van der Waals surface area contributed by atoms with Crippen molar-refractivity contribution in [3.05, 3.63) is 34.9 Å². The predicted molar refractivity (Wildman–Crippen MR) is 51.8 cm³/mol. The summed E-state index contributed by atoms with van der Waals surface area (Å²) in [7, 11) is 1.85. The van der Waals surface area contributed by atoms with Gasteiger partial charge in [-0.05, 0) is 25.0 Å². The fourth-order valence-corrected chi connectivity index (χ4v) is 1.73. The van der Waals surface area contributed by atoms with E-state index in [9.17, 15) is 4.79 Å². The van der Waals surface area contributed by atoms with E-state index in [1.54, 1.807) is 4.90 Å². The standard InChI is InChI=1S/C11H13NO/c1-8-3-4-10-9(7-8)5-6-12(2)11(10)13/h3-4,7H,5-6H2,1-2H3. The van der Waals surface area contributed by atoms with E-state index in [2.05, 4.69) is 13.0 Å². The number of benzene rings is 1. The number of amides is 1. The van der Waals surface area contributed by atoms with E-state index < -0.39 is 0 Å². The average molecular weight is 175 g/mol. The Labute approximate surface area is 78.2 Å². The highest BCUT2D eigenvalue weighted by atomic mass is 16.2. The Morgan fingerprint density at radius 3 is 2.92 bits per heavy atom. The Balaban J connectivity index is 2.50. The molecule has 0 saturated heterocycles. The molecule has 1 heterocycles. The highest BCUT2D eigenvalue weighted by Crippen LogP contribution is 2.18. The fourth-order valence-electron chi connectivity index (χ4n) is 1.73. The lowest BCUT2D eigenvalue weighted by Crippen LogP contribution is -2.34. The van der Waals surface area contributed by atoms with E-state index in [-0.39, 0.29) is 5.91 Å². The maximum absolute atomic E-state index is 11.7. The minimum Gasteiger partial charge on any atom is -0.341 e. The number of hydrogen-bond donors (Lipinski definition) is 0. The van der Waals surface area contributed by atoms with Crippen LogP contribution in [0.15, 0.2) is 18.2 Å². The van der Waals surface area contributed by atoms with Crippen LogP contribution in [-0.2, 0) is 6.42 Å². The summed E-state index contributed by atoms with van der Waals surface area (Å²) < 4.78 is 0. The summed E-state index contributed by atoms with van der Waals surface area (Å²) in [6.07, 6.45) is 0.985. The summed E-state index contributed by atoms with van der Waals surface area (Å²) >= 11 is 0. The van der Waals surface area contributed by atoms with Gasteiger partial charge in [-0.15, -0.1) is 0 Å². The molecule has 0 saturated carbocycles. The molecule has 1 aromatic carbocycles. The van der Waals surface area contributed by atoms with Gasteiger partial charge in [0.25, 0.3) is 5.91 Å². The van der Waals surface area contributed by atoms with Gasteiger partial charge in [-0.25, -0.2) is 0 Å². The van der Waals surface area contributed by atoms with Crippen molar-refractivity contribution in [1.82, 2.24) is 4.90 Å². The van der Waals surface area contributed by atoms with Crippen LogP contribution in [0.3, 0.4) is 0 Å². The molecule has 0 N–H and O–H groups in total. The second-order valence-electron chi connectivity index (χ2n) is 3.64. The maximum Gasteiger partial charge on any atom is 0.253 e. The van der Waals surface area contributed by atoms with E-state index in [1.165, 1.54) is 11.1 Å². The number of aryl methyl sites for hydroxylation is 1. The van der Waals surface area contributed by atoms with Crippen molar-refractivity contribution >= 4 is 5.91 Å². The van der Waals surface area contributed by atoms with Gasteiger partial charge in [0.1, 0.15) is 0 Å². The molecule has 1 aliphatic heterocycles. The molecule has 1 aromatic rings. The summed E-state index contributed by atoms with van der Waals surface area (Å²) in [5.41, 5.74) is 3.30. The number of likely N-dealkylation sites (N-methyl/N-ethyl adjacent to an activating group) is 1. The van der Waals surface area contributed by atoms with Gasteiger partial charge in [-0.3, -0.25) is 4.79 Å². The van der Waals surface area contributed by atoms with Crippen molar-refractivity contribution < 1.29 is 4.79 Å². The van der Waals surface area contributed by atoms with Gasteiger partial charge in [0.05, 0.1) is 0 Å². The lowest BCUT2D eigenvalue weighted by atomic mass is 9.97. The first-order valence-electron chi connectivity index (χ1n) is 4.53. The van der Waals surface area contributed by atoms with Crippen molar-refractivity contribution in [2.24, 2.45) is 0 Å². The molecule has 1 amide bonds. The third kappa shape index (κ3) is 1.32. The first-order valence-corrected chi connectivity index (χ1v) is 4.53. The Morgan fingerprint density at radius 1 is 1.38 bits per heavy atom. The van der Waals surface area contributed by atoms with Crippen LogP contribution < -0.4 is 0 Å². The van der Waals surface area contributed by atoms with Gasteiger partial charge < -0.3 is 4.90 Å². The highest BCUT2D eigenvalue weighted by Gasteiger charge is 2.20. The van der Waals surface area contributed by atoms with Crippen LogP contribution in [0, 0.1) is 6.92 Å². The monoisotopic (exact) mass is 175 g/mol. The van der Waals surface area contributed by atoms with Gasteiger partial charge in [0, 0.05) is 19.2 Å². The number of carbonyl (C=O) groups is 1. The normalized spacial score (nSPS) is 15.8. The molecule has 13 heavy (non-hydrogen) atoms. The minimum absolute atomic E-state index is 0.154. The van der Waals surface area contributed by atoms with Crippen LogP contribution >= 0.6 is 0 Å². The van der Waals surface area contributed by atoms with Crippen LogP contribution in [0.5, 0.6) is 0 Å². The van der Waals surface area contributed by atoms with E-state index in [1.807, 2.05) is 19.2 Å². The molecule has 2 rings (SSSR count). The first kappa shape index (κ1) is 8.30. The van der Waals surface area contributed by atoms with E-state index in [4.69, 9.17) is 0 Å². The molecule has 2 nitrogen and oxygen atoms in total. The Hall–Kier alpha value is -1.31.